The van der Waals surface area contributed by atoms with Gasteiger partial charge in [-0.3, -0.25) is 0 Å². The predicted molar refractivity (Wildman–Crippen MR) is 99.7 cm³/mol. The first-order chi connectivity index (χ1) is 12.1. The Labute approximate surface area is 147 Å². The normalized spacial score (nSPS) is 10.1. The van der Waals surface area contributed by atoms with Crippen molar-refractivity contribution >= 4 is 17.5 Å². The van der Waals surface area contributed by atoms with Crippen LogP contribution in [0.3, 0.4) is 0 Å². The van der Waals surface area contributed by atoms with Crippen LogP contribution in [0, 0.1) is 25.2 Å². The van der Waals surface area contributed by atoms with E-state index in [1.54, 1.807) is 12.1 Å². The zero-order valence-corrected chi connectivity index (χ0v) is 14.2. The molecule has 124 valence electrons. The fourth-order valence-corrected chi connectivity index (χ4v) is 2.53. The third-order valence-electron chi connectivity index (χ3n) is 3.65. The quantitative estimate of drug-likeness (QED) is 0.729. The van der Waals surface area contributed by atoms with E-state index in [9.17, 15) is 0 Å². The van der Waals surface area contributed by atoms with Crippen LogP contribution >= 0.6 is 0 Å². The van der Waals surface area contributed by atoms with Crippen molar-refractivity contribution < 1.29 is 0 Å². The van der Waals surface area contributed by atoms with Gasteiger partial charge in [-0.25, -0.2) is 4.98 Å². The van der Waals surface area contributed by atoms with Gasteiger partial charge in [0.25, 0.3) is 0 Å². The molecule has 5 nitrogen and oxygen atoms in total. The molecule has 2 aromatic carbocycles. The number of aryl methyl sites for hydroxylation is 2. The molecular formula is C20H19N5. The van der Waals surface area contributed by atoms with Crippen LogP contribution in [0.15, 0.2) is 54.6 Å². The Morgan fingerprint density at radius 2 is 1.84 bits per heavy atom. The first-order valence-corrected chi connectivity index (χ1v) is 8.05. The molecule has 5 heteroatoms. The average Bonchev–Trinajstić information content (AvgIpc) is 2.60. The Balaban J connectivity index is 1.75. The lowest BCUT2D eigenvalue weighted by Crippen LogP contribution is -2.06. The minimum Gasteiger partial charge on any atom is -0.350 e. The molecule has 0 atom stereocenters. The van der Waals surface area contributed by atoms with Gasteiger partial charge in [-0.2, -0.15) is 10.2 Å². The van der Waals surface area contributed by atoms with E-state index >= 15 is 0 Å². The van der Waals surface area contributed by atoms with Gasteiger partial charge in [-0.05, 0) is 37.6 Å². The van der Waals surface area contributed by atoms with Crippen LogP contribution in [0.25, 0.3) is 0 Å². The van der Waals surface area contributed by atoms with Crippen molar-refractivity contribution in [3.63, 3.8) is 0 Å². The summed E-state index contributed by atoms with van der Waals surface area (Å²) in [5, 5.41) is 15.5. The fourth-order valence-electron chi connectivity index (χ4n) is 2.53. The summed E-state index contributed by atoms with van der Waals surface area (Å²) < 4.78 is 0. The van der Waals surface area contributed by atoms with E-state index in [4.69, 9.17) is 5.26 Å². The molecule has 25 heavy (non-hydrogen) atoms. The van der Waals surface area contributed by atoms with E-state index in [0.29, 0.717) is 23.9 Å². The van der Waals surface area contributed by atoms with Crippen LogP contribution < -0.4 is 10.6 Å². The Bertz CT molecular complexity index is 927. The Morgan fingerprint density at radius 3 is 2.64 bits per heavy atom. The summed E-state index contributed by atoms with van der Waals surface area (Å²) in [4.78, 5) is 8.94. The van der Waals surface area contributed by atoms with Gasteiger partial charge in [0, 0.05) is 24.0 Å². The largest absolute Gasteiger partial charge is 0.350 e. The maximum absolute atomic E-state index is 9.00. The minimum absolute atomic E-state index is 0.570. The number of nitrogens with zero attached hydrogens (tertiary/aromatic N) is 3. The summed E-state index contributed by atoms with van der Waals surface area (Å²) >= 11 is 0. The zero-order valence-electron chi connectivity index (χ0n) is 14.2. The Hall–Kier alpha value is -3.39. The van der Waals surface area contributed by atoms with Crippen molar-refractivity contribution in [3.8, 4) is 6.07 Å². The van der Waals surface area contributed by atoms with E-state index in [2.05, 4.69) is 51.8 Å². The molecule has 1 heterocycles. The Kier molecular flexibility index (Phi) is 4.91. The second-order valence-electron chi connectivity index (χ2n) is 5.88. The molecule has 0 bridgehead atoms. The molecule has 0 spiro atoms. The summed E-state index contributed by atoms with van der Waals surface area (Å²) in [7, 11) is 0. The highest BCUT2D eigenvalue weighted by molar-refractivity contribution is 5.59. The van der Waals surface area contributed by atoms with Crippen molar-refractivity contribution in [3.05, 3.63) is 77.0 Å². The standard InChI is InChI=1S/C20H19N5/c1-14-5-3-7-17(9-14)13-22-20-23-15(2)10-19(25-20)24-18-8-4-6-16(11-18)12-21/h3-11H,13H2,1-2H3,(H2,22,23,24,25). The van der Waals surface area contributed by atoms with E-state index in [0.717, 1.165) is 11.4 Å². The first-order valence-electron chi connectivity index (χ1n) is 8.05. The number of benzene rings is 2. The summed E-state index contributed by atoms with van der Waals surface area (Å²) in [6.07, 6.45) is 0. The highest BCUT2D eigenvalue weighted by atomic mass is 15.1. The van der Waals surface area contributed by atoms with E-state index in [-0.39, 0.29) is 0 Å². The lowest BCUT2D eigenvalue weighted by atomic mass is 10.1. The van der Waals surface area contributed by atoms with Crippen molar-refractivity contribution in [2.24, 2.45) is 0 Å². The third-order valence-corrected chi connectivity index (χ3v) is 3.65. The summed E-state index contributed by atoms with van der Waals surface area (Å²) in [6, 6.07) is 19.6. The van der Waals surface area contributed by atoms with E-state index in [1.165, 1.54) is 11.1 Å². The van der Waals surface area contributed by atoms with Crippen LogP contribution in [-0.4, -0.2) is 9.97 Å². The van der Waals surface area contributed by atoms with Crippen molar-refractivity contribution in [1.82, 2.24) is 9.97 Å². The van der Waals surface area contributed by atoms with E-state index in [1.807, 2.05) is 31.2 Å². The predicted octanol–water partition coefficient (Wildman–Crippen LogP) is 4.32. The van der Waals surface area contributed by atoms with Gasteiger partial charge in [-0.1, -0.05) is 35.9 Å². The molecule has 3 rings (SSSR count). The average molecular weight is 329 g/mol. The number of hydrogen-bond acceptors (Lipinski definition) is 5. The SMILES string of the molecule is Cc1cccc(CNc2nc(C)cc(Nc3cccc(C#N)c3)n2)c1. The molecule has 0 unspecified atom stereocenters. The molecule has 0 amide bonds. The van der Waals surface area contributed by atoms with Gasteiger partial charge in [0.05, 0.1) is 11.6 Å². The second kappa shape index (κ2) is 7.45. The molecule has 2 N–H and O–H groups in total. The van der Waals surface area contributed by atoms with Crippen molar-refractivity contribution in [2.75, 3.05) is 10.6 Å². The molecule has 0 aliphatic carbocycles. The number of aromatic nitrogens is 2. The molecule has 0 fully saturated rings. The lowest BCUT2D eigenvalue weighted by Gasteiger charge is -2.10. The molecule has 1 aromatic heterocycles. The maximum Gasteiger partial charge on any atom is 0.225 e. The molecule has 0 aliphatic heterocycles. The van der Waals surface area contributed by atoms with Crippen LogP contribution in [-0.2, 0) is 6.54 Å². The highest BCUT2D eigenvalue weighted by Gasteiger charge is 2.04. The Morgan fingerprint density at radius 1 is 1.00 bits per heavy atom. The second-order valence-corrected chi connectivity index (χ2v) is 5.88. The monoisotopic (exact) mass is 329 g/mol. The molecule has 0 radical (unpaired) electrons. The van der Waals surface area contributed by atoms with Crippen molar-refractivity contribution in [1.29, 1.82) is 5.26 Å². The first kappa shape index (κ1) is 16.5. The highest BCUT2D eigenvalue weighted by Crippen LogP contribution is 2.18. The number of hydrogen-bond donors (Lipinski definition) is 2. The zero-order chi connectivity index (χ0) is 17.6. The molecule has 0 saturated heterocycles. The summed E-state index contributed by atoms with van der Waals surface area (Å²) in [5.41, 5.74) is 4.70. The topological polar surface area (TPSA) is 73.6 Å². The lowest BCUT2D eigenvalue weighted by molar-refractivity contribution is 1.03. The van der Waals surface area contributed by atoms with Gasteiger partial charge in [0.1, 0.15) is 5.82 Å². The van der Waals surface area contributed by atoms with Gasteiger partial charge in [0.2, 0.25) is 5.95 Å². The fraction of sp³-hybridized carbons (Fsp3) is 0.150. The maximum atomic E-state index is 9.00. The van der Waals surface area contributed by atoms with Crippen LogP contribution in [0.1, 0.15) is 22.4 Å². The number of rotatable bonds is 5. The van der Waals surface area contributed by atoms with Gasteiger partial charge in [0.15, 0.2) is 0 Å². The third kappa shape index (κ3) is 4.55. The summed E-state index contributed by atoms with van der Waals surface area (Å²) in [5.74, 6) is 1.26. The smallest absolute Gasteiger partial charge is 0.225 e. The van der Waals surface area contributed by atoms with Crippen LogP contribution in [0.4, 0.5) is 17.5 Å². The van der Waals surface area contributed by atoms with Crippen LogP contribution in [0.5, 0.6) is 0 Å². The van der Waals surface area contributed by atoms with Gasteiger partial charge >= 0.3 is 0 Å². The molecule has 0 aliphatic rings. The number of nitrogens with one attached hydrogen (secondary N) is 2. The molecular weight excluding hydrogens is 310 g/mol. The minimum atomic E-state index is 0.570. The number of nitriles is 1. The van der Waals surface area contributed by atoms with Crippen molar-refractivity contribution in [2.45, 2.75) is 20.4 Å². The molecule has 0 saturated carbocycles. The molecule has 3 aromatic rings. The summed E-state index contributed by atoms with van der Waals surface area (Å²) in [6.45, 7) is 4.66. The van der Waals surface area contributed by atoms with Gasteiger partial charge in [-0.15, -0.1) is 0 Å². The van der Waals surface area contributed by atoms with E-state index < -0.39 is 0 Å². The van der Waals surface area contributed by atoms with Gasteiger partial charge < -0.3 is 10.6 Å². The number of anilines is 3. The van der Waals surface area contributed by atoms with Crippen LogP contribution in [0.2, 0.25) is 0 Å².